The number of hydrogen-bond acceptors (Lipinski definition) is 6. The summed E-state index contributed by atoms with van der Waals surface area (Å²) in [5, 5.41) is 8.19. The van der Waals surface area contributed by atoms with Crippen molar-refractivity contribution in [1.82, 2.24) is 4.98 Å². The number of amides is 2. The first kappa shape index (κ1) is 19.4. The van der Waals surface area contributed by atoms with Gasteiger partial charge in [-0.1, -0.05) is 12.1 Å². The molecule has 2 aromatic heterocycles. The Bertz CT molecular complexity index is 1250. The van der Waals surface area contributed by atoms with Gasteiger partial charge in [-0.25, -0.2) is 14.6 Å². The first-order valence-corrected chi connectivity index (χ1v) is 10.4. The maximum Gasteiger partial charge on any atom is 0.345 e. The zero-order chi connectivity index (χ0) is 20.4. The van der Waals surface area contributed by atoms with E-state index >= 15 is 0 Å². The van der Waals surface area contributed by atoms with Crippen LogP contribution in [-0.4, -0.2) is 18.1 Å². The molecular formula is C20H14IN3O4S. The Morgan fingerprint density at radius 1 is 1.17 bits per heavy atom. The van der Waals surface area contributed by atoms with Gasteiger partial charge >= 0.3 is 11.7 Å². The van der Waals surface area contributed by atoms with Gasteiger partial charge in [-0.2, -0.15) is 0 Å². The number of urea groups is 1. The maximum atomic E-state index is 12.4. The van der Waals surface area contributed by atoms with Crippen LogP contribution in [0.25, 0.3) is 22.2 Å². The van der Waals surface area contributed by atoms with Crippen LogP contribution in [0, 0.1) is 3.57 Å². The molecule has 0 fully saturated rings. The molecule has 2 aromatic carbocycles. The van der Waals surface area contributed by atoms with E-state index < -0.39 is 11.7 Å². The molecular weight excluding hydrogens is 505 g/mol. The molecule has 29 heavy (non-hydrogen) atoms. The largest absolute Gasteiger partial charge is 0.493 e. The summed E-state index contributed by atoms with van der Waals surface area (Å²) in [5.41, 5.74) is 1.27. The zero-order valence-corrected chi connectivity index (χ0v) is 18.0. The third-order valence-corrected chi connectivity index (χ3v) is 5.52. The molecule has 0 spiro atoms. The van der Waals surface area contributed by atoms with Crippen LogP contribution in [0.5, 0.6) is 5.75 Å². The van der Waals surface area contributed by atoms with Crippen molar-refractivity contribution < 1.29 is 13.9 Å². The Morgan fingerprint density at radius 3 is 2.72 bits per heavy atom. The van der Waals surface area contributed by atoms with Gasteiger partial charge in [0.15, 0.2) is 16.5 Å². The van der Waals surface area contributed by atoms with E-state index in [1.807, 2.05) is 36.4 Å². The molecule has 146 valence electrons. The van der Waals surface area contributed by atoms with Gasteiger partial charge in [0.25, 0.3) is 0 Å². The molecule has 4 rings (SSSR count). The molecule has 7 nitrogen and oxygen atoms in total. The van der Waals surface area contributed by atoms with E-state index in [9.17, 15) is 9.59 Å². The lowest BCUT2D eigenvalue weighted by Gasteiger charge is -2.05. The van der Waals surface area contributed by atoms with E-state index in [-0.39, 0.29) is 0 Å². The number of anilines is 2. The molecule has 0 bridgehead atoms. The highest BCUT2D eigenvalue weighted by Crippen LogP contribution is 2.29. The molecule has 0 unspecified atom stereocenters. The van der Waals surface area contributed by atoms with Gasteiger partial charge in [0, 0.05) is 20.0 Å². The van der Waals surface area contributed by atoms with Crippen LogP contribution >= 0.6 is 33.9 Å². The van der Waals surface area contributed by atoms with E-state index in [1.54, 1.807) is 17.5 Å². The number of carbonyl (C=O) groups is 1. The second-order valence-corrected chi connectivity index (χ2v) is 8.05. The number of hydrogen-bond donors (Lipinski definition) is 2. The summed E-state index contributed by atoms with van der Waals surface area (Å²) in [7, 11) is 1.52. The van der Waals surface area contributed by atoms with Crippen molar-refractivity contribution in [2.45, 2.75) is 0 Å². The quantitative estimate of drug-likeness (QED) is 0.287. The van der Waals surface area contributed by atoms with Crippen LogP contribution in [0.1, 0.15) is 0 Å². The summed E-state index contributed by atoms with van der Waals surface area (Å²) >= 11 is 3.41. The summed E-state index contributed by atoms with van der Waals surface area (Å²) in [5.74, 6) is 0.485. The molecule has 4 aromatic rings. The first-order chi connectivity index (χ1) is 14.0. The number of aromatic nitrogens is 1. The molecule has 0 saturated carbocycles. The fourth-order valence-electron chi connectivity index (χ4n) is 2.70. The van der Waals surface area contributed by atoms with Crippen molar-refractivity contribution in [3.05, 3.63) is 67.9 Å². The SMILES string of the molecule is COc1cccc2cc(-c3csc(NC(=O)Nc4ccc(I)cc4)n3)c(=O)oc12. The molecule has 0 radical (unpaired) electrons. The monoisotopic (exact) mass is 519 g/mol. The van der Waals surface area contributed by atoms with Crippen molar-refractivity contribution >= 4 is 61.7 Å². The van der Waals surface area contributed by atoms with Gasteiger partial charge in [0.2, 0.25) is 0 Å². The minimum atomic E-state index is -0.526. The Morgan fingerprint density at radius 2 is 1.97 bits per heavy atom. The summed E-state index contributed by atoms with van der Waals surface area (Å²) in [6.07, 6.45) is 0. The molecule has 0 saturated heterocycles. The summed E-state index contributed by atoms with van der Waals surface area (Å²) < 4.78 is 11.7. The molecule has 2 heterocycles. The second kappa shape index (κ2) is 8.21. The highest BCUT2D eigenvalue weighted by Gasteiger charge is 2.14. The number of halogens is 1. The number of carbonyl (C=O) groups excluding carboxylic acids is 1. The first-order valence-electron chi connectivity index (χ1n) is 8.44. The van der Waals surface area contributed by atoms with Crippen LogP contribution in [0.3, 0.4) is 0 Å². The van der Waals surface area contributed by atoms with Gasteiger partial charge in [0.1, 0.15) is 0 Å². The summed E-state index contributed by atoms with van der Waals surface area (Å²) in [6, 6.07) is 14.1. The Labute approximate surface area is 182 Å². The second-order valence-electron chi connectivity index (χ2n) is 5.95. The minimum absolute atomic E-state index is 0.313. The summed E-state index contributed by atoms with van der Waals surface area (Å²) in [4.78, 5) is 29.0. The maximum absolute atomic E-state index is 12.4. The lowest BCUT2D eigenvalue weighted by molar-refractivity contribution is 0.262. The predicted octanol–water partition coefficient (Wildman–Crippen LogP) is 5.17. The van der Waals surface area contributed by atoms with Crippen molar-refractivity contribution in [3.8, 4) is 17.0 Å². The van der Waals surface area contributed by atoms with Crippen LogP contribution in [0.4, 0.5) is 15.6 Å². The minimum Gasteiger partial charge on any atom is -0.493 e. The lowest BCUT2D eigenvalue weighted by atomic mass is 10.1. The van der Waals surface area contributed by atoms with E-state index in [0.717, 1.165) is 8.96 Å². The smallest absolute Gasteiger partial charge is 0.345 e. The van der Waals surface area contributed by atoms with Crippen LogP contribution < -0.4 is 21.0 Å². The molecule has 9 heteroatoms. The van der Waals surface area contributed by atoms with Crippen LogP contribution in [-0.2, 0) is 0 Å². The fraction of sp³-hybridized carbons (Fsp3) is 0.0500. The van der Waals surface area contributed by atoms with Gasteiger partial charge < -0.3 is 14.5 Å². The number of thiazole rings is 1. The standard InChI is InChI=1S/C20H14IN3O4S/c1-27-16-4-2-3-11-9-14(18(25)28-17(11)16)15-10-29-20(23-15)24-19(26)22-13-7-5-12(21)6-8-13/h2-10H,1H3,(H2,22,23,24,26). The Kier molecular flexibility index (Phi) is 5.49. The van der Waals surface area contributed by atoms with Crippen molar-refractivity contribution in [3.63, 3.8) is 0 Å². The molecule has 0 aliphatic heterocycles. The highest BCUT2D eigenvalue weighted by atomic mass is 127. The molecule has 2 amide bonds. The van der Waals surface area contributed by atoms with E-state index in [0.29, 0.717) is 33.4 Å². The number of nitrogens with one attached hydrogen (secondary N) is 2. The number of nitrogens with zero attached hydrogens (tertiary/aromatic N) is 1. The summed E-state index contributed by atoms with van der Waals surface area (Å²) in [6.45, 7) is 0. The fourth-order valence-corrected chi connectivity index (χ4v) is 3.77. The third-order valence-electron chi connectivity index (χ3n) is 4.05. The average molecular weight is 519 g/mol. The zero-order valence-electron chi connectivity index (χ0n) is 15.1. The molecule has 0 aliphatic carbocycles. The average Bonchev–Trinajstić information content (AvgIpc) is 3.16. The van der Waals surface area contributed by atoms with Crippen LogP contribution in [0.2, 0.25) is 0 Å². The van der Waals surface area contributed by atoms with Crippen molar-refractivity contribution in [2.75, 3.05) is 17.7 Å². The molecule has 0 aliphatic rings. The normalized spacial score (nSPS) is 10.7. The van der Waals surface area contributed by atoms with Gasteiger partial charge in [0.05, 0.1) is 18.4 Å². The number of ether oxygens (including phenoxy) is 1. The third kappa shape index (κ3) is 4.25. The number of para-hydroxylation sites is 1. The Balaban J connectivity index is 1.56. The van der Waals surface area contributed by atoms with Crippen molar-refractivity contribution in [1.29, 1.82) is 0 Å². The van der Waals surface area contributed by atoms with Crippen molar-refractivity contribution in [2.24, 2.45) is 0 Å². The van der Waals surface area contributed by atoms with Gasteiger partial charge in [-0.3, -0.25) is 5.32 Å². The molecule has 0 atom stereocenters. The van der Waals surface area contributed by atoms with E-state index in [1.165, 1.54) is 18.4 Å². The number of fused-ring (bicyclic) bond motifs is 1. The van der Waals surface area contributed by atoms with Gasteiger partial charge in [-0.15, -0.1) is 11.3 Å². The number of rotatable bonds is 4. The Hall–Kier alpha value is -2.92. The number of benzene rings is 2. The van der Waals surface area contributed by atoms with Gasteiger partial charge in [-0.05, 0) is 59.0 Å². The molecule has 2 N–H and O–H groups in total. The van der Waals surface area contributed by atoms with E-state index in [2.05, 4.69) is 38.2 Å². The lowest BCUT2D eigenvalue weighted by Crippen LogP contribution is -2.19. The number of methoxy groups -OCH3 is 1. The topological polar surface area (TPSA) is 93.5 Å². The van der Waals surface area contributed by atoms with Crippen LogP contribution in [0.15, 0.2) is 63.1 Å². The predicted molar refractivity (Wildman–Crippen MR) is 122 cm³/mol. The van der Waals surface area contributed by atoms with E-state index in [4.69, 9.17) is 9.15 Å². The highest BCUT2D eigenvalue weighted by molar-refractivity contribution is 14.1.